The van der Waals surface area contributed by atoms with Crippen LogP contribution in [0.15, 0.2) is 121 Å². The monoisotopic (exact) mass is 820 g/mol. The summed E-state index contributed by atoms with van der Waals surface area (Å²) >= 11 is 3.98. The maximum atomic E-state index is 11.4. The van der Waals surface area contributed by atoms with E-state index in [0.717, 1.165) is 0 Å². The summed E-state index contributed by atoms with van der Waals surface area (Å²) in [5.41, 5.74) is 0.767. The quantitative estimate of drug-likeness (QED) is 0.0849. The molecule has 0 aliphatic carbocycles. The summed E-state index contributed by atoms with van der Waals surface area (Å²) in [5, 5.41) is 27.1. The number of aromatic hydroxyl groups is 3. The van der Waals surface area contributed by atoms with Crippen molar-refractivity contribution in [3.63, 3.8) is 0 Å². The molecule has 0 aliphatic rings. The van der Waals surface area contributed by atoms with E-state index in [1.807, 2.05) is 48.5 Å². The molecule has 0 aromatic heterocycles. The molecule has 0 amide bonds. The fraction of sp³-hybridized carbons (Fsp3) is 0.0909. The van der Waals surface area contributed by atoms with Crippen LogP contribution in [0.2, 0.25) is 0 Å². The number of benzene rings is 4. The third kappa shape index (κ3) is 14.6. The van der Waals surface area contributed by atoms with E-state index in [4.69, 9.17) is 26.6 Å². The molecule has 4 aromatic carbocycles. The van der Waals surface area contributed by atoms with Gasteiger partial charge in [0, 0.05) is 5.57 Å². The summed E-state index contributed by atoms with van der Waals surface area (Å²) in [5.74, 6) is 1.00. The van der Waals surface area contributed by atoms with Gasteiger partial charge >= 0.3 is 226 Å². The van der Waals surface area contributed by atoms with Gasteiger partial charge in [-0.3, -0.25) is 4.79 Å². The number of hydrogen-bond donors (Lipinski definition) is 3. The van der Waals surface area contributed by atoms with E-state index in [2.05, 4.69) is 13.2 Å². The van der Waals surface area contributed by atoms with Gasteiger partial charge < -0.3 is 0 Å². The van der Waals surface area contributed by atoms with Gasteiger partial charge in [0.1, 0.15) is 0 Å². The summed E-state index contributed by atoms with van der Waals surface area (Å²) < 4.78 is 10.1. The van der Waals surface area contributed by atoms with Gasteiger partial charge in [-0.15, -0.1) is 0 Å². The number of carbonyl (C=O) groups excluding carboxylic acids is 2. The first-order valence-electron chi connectivity index (χ1n) is 12.0. The third-order valence-electron chi connectivity index (χ3n) is 4.70. The van der Waals surface area contributed by atoms with Crippen molar-refractivity contribution in [1.29, 1.82) is 0 Å². The van der Waals surface area contributed by atoms with Gasteiger partial charge in [-0.25, -0.2) is 0 Å². The van der Waals surface area contributed by atoms with E-state index < -0.39 is 53.1 Å². The Morgan fingerprint density at radius 1 is 0.595 bits per heavy atom. The molecule has 0 spiro atoms. The van der Waals surface area contributed by atoms with Crippen molar-refractivity contribution < 1.29 is 29.6 Å². The minimum atomic E-state index is -0.492. The summed E-state index contributed by atoms with van der Waals surface area (Å²) in [7, 11) is 0. The minimum absolute atomic E-state index is 0. The number of carbonyl (C=O) groups is 2. The summed E-state index contributed by atoms with van der Waals surface area (Å²) in [6.45, 7) is 10.0. The molecule has 0 bridgehead atoms. The topological polar surface area (TPSA) is 104 Å². The summed E-state index contributed by atoms with van der Waals surface area (Å²) in [6.07, 6.45) is 0. The molecule has 4 aromatic rings. The number of rotatable bonds is 7. The summed E-state index contributed by atoms with van der Waals surface area (Å²) in [4.78, 5) is 21.2. The number of ether oxygens (including phenoxy) is 1. The third-order valence-corrected chi connectivity index (χ3v) is 10.8. The second kappa shape index (κ2) is 19.1. The molecule has 6 nitrogen and oxygen atoms in total. The van der Waals surface area contributed by atoms with Crippen LogP contribution in [0.5, 0.6) is 23.0 Å². The van der Waals surface area contributed by atoms with Crippen LogP contribution in [0.25, 0.3) is 0 Å². The van der Waals surface area contributed by atoms with Crippen LogP contribution in [0.1, 0.15) is 21.3 Å². The van der Waals surface area contributed by atoms with Crippen molar-refractivity contribution >= 4 is 79.1 Å². The van der Waals surface area contributed by atoms with E-state index >= 15 is 0 Å². The molecule has 0 aliphatic heterocycles. The molecule has 3 N–H and O–H groups in total. The zero-order chi connectivity index (χ0) is 30.4. The fourth-order valence-corrected chi connectivity index (χ4v) is 7.25. The molecule has 0 saturated carbocycles. The van der Waals surface area contributed by atoms with Crippen molar-refractivity contribution in [3.8, 4) is 23.0 Å². The molecular weight excluding hydrogens is 783 g/mol. The van der Waals surface area contributed by atoms with Crippen LogP contribution in [-0.2, 0) is 9.59 Å². The van der Waals surface area contributed by atoms with E-state index in [0.29, 0.717) is 28.4 Å². The fourth-order valence-electron chi connectivity index (χ4n) is 2.58. The number of allylic oxidation sites excluding steroid dienone is 1. The molecule has 0 saturated heterocycles. The molecule has 42 heavy (non-hydrogen) atoms. The SMILES string of the molecule is C.C=C(C)C(=O)Cl.C=C(C)C(=O)Oc1ccc([Te]c2ccc(O)cc2)cc1.Oc1ccc([Te]c2ccc(O)cc2)cc1. The molecule has 0 fully saturated rings. The van der Waals surface area contributed by atoms with Crippen LogP contribution in [0, 0.1) is 0 Å². The second-order valence-corrected chi connectivity index (χ2v) is 15.3. The predicted octanol–water partition coefficient (Wildman–Crippen LogP) is 4.25. The number of phenolic OH excluding ortho intramolecular Hbond substituents is 3. The first kappa shape index (κ1) is 36.8. The molecule has 0 radical (unpaired) electrons. The van der Waals surface area contributed by atoms with Gasteiger partial charge in [-0.1, -0.05) is 14.0 Å². The van der Waals surface area contributed by atoms with Gasteiger partial charge in [-0.2, -0.15) is 0 Å². The Hall–Kier alpha value is -3.23. The van der Waals surface area contributed by atoms with E-state index in [1.165, 1.54) is 14.4 Å². The average Bonchev–Trinajstić information content (AvgIpc) is 2.94. The molecule has 0 atom stereocenters. The predicted molar refractivity (Wildman–Crippen MR) is 174 cm³/mol. The van der Waals surface area contributed by atoms with Crippen LogP contribution in [0.3, 0.4) is 0 Å². The Kier molecular flexibility index (Phi) is 16.7. The first-order valence-corrected chi connectivity index (χ1v) is 17.0. The summed E-state index contributed by atoms with van der Waals surface area (Å²) in [6, 6.07) is 29.4. The number of hydrogen-bond acceptors (Lipinski definition) is 6. The average molecular weight is 816 g/mol. The van der Waals surface area contributed by atoms with Crippen molar-refractivity contribution in [2.75, 3.05) is 0 Å². The van der Waals surface area contributed by atoms with Crippen molar-refractivity contribution in [2.45, 2.75) is 21.3 Å². The zero-order valence-electron chi connectivity index (χ0n) is 22.4. The standard InChI is InChI=1S/C16H14O3Te.C12H10O2Te.C4H5ClO.CH4/c1-11(2)16(18)19-13-5-9-15(10-6-13)20-14-7-3-12(17)4-8-14;13-9-1-5-11(6-2-9)15-12-7-3-10(14)4-8-12;1-3(2)4(5)6;/h3-10,17H,1H2,2H3;1-8,13-14H;1H2,2H3;1H4. The van der Waals surface area contributed by atoms with Gasteiger partial charge in [0.25, 0.3) is 0 Å². The van der Waals surface area contributed by atoms with Crippen LogP contribution in [0.4, 0.5) is 0 Å². The normalized spacial score (nSPS) is 9.50. The number of esters is 1. The van der Waals surface area contributed by atoms with E-state index in [1.54, 1.807) is 62.4 Å². The van der Waals surface area contributed by atoms with Crippen molar-refractivity contribution in [1.82, 2.24) is 0 Å². The molecule has 4 rings (SSSR count). The number of halogens is 1. The Balaban J connectivity index is 0.000000354. The zero-order valence-corrected chi connectivity index (χ0v) is 27.8. The maximum absolute atomic E-state index is 11.4. The second-order valence-electron chi connectivity index (χ2n) is 8.38. The Morgan fingerprint density at radius 3 is 1.10 bits per heavy atom. The van der Waals surface area contributed by atoms with Gasteiger partial charge in [0.05, 0.1) is 0 Å². The van der Waals surface area contributed by atoms with Crippen LogP contribution < -0.4 is 19.2 Å². The van der Waals surface area contributed by atoms with E-state index in [9.17, 15) is 14.7 Å². The molecule has 0 heterocycles. The molecule has 220 valence electrons. The van der Waals surface area contributed by atoms with Crippen LogP contribution in [-0.4, -0.2) is 68.4 Å². The first-order chi connectivity index (χ1) is 19.4. The van der Waals surface area contributed by atoms with Gasteiger partial charge in [0.2, 0.25) is 5.24 Å². The van der Waals surface area contributed by atoms with Gasteiger partial charge in [-0.05, 0) is 18.5 Å². The number of phenols is 3. The van der Waals surface area contributed by atoms with Gasteiger partial charge in [0.15, 0.2) is 0 Å². The van der Waals surface area contributed by atoms with E-state index in [-0.39, 0.29) is 13.2 Å². The molecular formula is C33H33ClO6Te2. The van der Waals surface area contributed by atoms with Crippen molar-refractivity contribution in [2.24, 2.45) is 0 Å². The molecule has 0 unspecified atom stereocenters. The van der Waals surface area contributed by atoms with Crippen LogP contribution >= 0.6 is 11.6 Å². The Bertz CT molecular complexity index is 1400. The Labute approximate surface area is 272 Å². The Morgan fingerprint density at radius 2 is 0.857 bits per heavy atom. The van der Waals surface area contributed by atoms with Crippen molar-refractivity contribution in [3.05, 3.63) is 121 Å². The molecule has 9 heteroatoms.